The van der Waals surface area contributed by atoms with Gasteiger partial charge >= 0.3 is 0 Å². The quantitative estimate of drug-likeness (QED) is 0.804. The van der Waals surface area contributed by atoms with Gasteiger partial charge in [0.05, 0.1) is 27.3 Å². The first-order chi connectivity index (χ1) is 9.67. The highest BCUT2D eigenvalue weighted by Gasteiger charge is 2.18. The third kappa shape index (κ3) is 1.79. The van der Waals surface area contributed by atoms with Gasteiger partial charge in [0.15, 0.2) is 5.82 Å². The van der Waals surface area contributed by atoms with Crippen LogP contribution in [0.3, 0.4) is 0 Å². The lowest BCUT2D eigenvalue weighted by atomic mass is 10.2. The van der Waals surface area contributed by atoms with E-state index >= 15 is 0 Å². The minimum atomic E-state index is 0.787. The SMILES string of the molecule is CCc1nn(-c2ncnc3c(C)csc23)c(CC)c1N. The highest BCUT2D eigenvalue weighted by atomic mass is 32.1. The maximum Gasteiger partial charge on any atom is 0.174 e. The van der Waals surface area contributed by atoms with Crippen LogP contribution < -0.4 is 5.73 Å². The number of hydrogen-bond acceptors (Lipinski definition) is 5. The largest absolute Gasteiger partial charge is 0.396 e. The summed E-state index contributed by atoms with van der Waals surface area (Å²) in [5, 5.41) is 6.74. The number of fused-ring (bicyclic) bond motifs is 1. The molecule has 3 heterocycles. The van der Waals surface area contributed by atoms with Crippen LogP contribution in [0.5, 0.6) is 0 Å². The van der Waals surface area contributed by atoms with Crippen molar-refractivity contribution in [3.63, 3.8) is 0 Å². The first-order valence-corrected chi connectivity index (χ1v) is 7.60. The van der Waals surface area contributed by atoms with E-state index in [1.54, 1.807) is 17.7 Å². The highest BCUT2D eigenvalue weighted by Crippen LogP contribution is 2.30. The lowest BCUT2D eigenvalue weighted by molar-refractivity contribution is 0.777. The molecular weight excluding hydrogens is 270 g/mol. The van der Waals surface area contributed by atoms with Crippen LogP contribution in [0.15, 0.2) is 11.7 Å². The van der Waals surface area contributed by atoms with E-state index in [0.717, 1.165) is 46.0 Å². The second-order valence-corrected chi connectivity index (χ2v) is 5.60. The molecule has 0 saturated carbocycles. The molecule has 0 aliphatic carbocycles. The summed E-state index contributed by atoms with van der Waals surface area (Å²) in [5.41, 5.74) is 11.1. The first-order valence-electron chi connectivity index (χ1n) is 6.72. The molecule has 0 spiro atoms. The summed E-state index contributed by atoms with van der Waals surface area (Å²) >= 11 is 1.65. The van der Waals surface area contributed by atoms with Gasteiger partial charge in [-0.05, 0) is 30.7 Å². The number of hydrogen-bond donors (Lipinski definition) is 1. The van der Waals surface area contributed by atoms with Crippen LogP contribution in [0, 0.1) is 6.92 Å². The summed E-state index contributed by atoms with van der Waals surface area (Å²) < 4.78 is 2.94. The Morgan fingerprint density at radius 2 is 2.05 bits per heavy atom. The molecule has 0 amide bonds. The van der Waals surface area contributed by atoms with Crippen molar-refractivity contribution in [3.8, 4) is 5.82 Å². The van der Waals surface area contributed by atoms with Gasteiger partial charge in [-0.25, -0.2) is 14.6 Å². The Bertz CT molecular complexity index is 771. The average molecular weight is 287 g/mol. The van der Waals surface area contributed by atoms with Crippen LogP contribution in [-0.4, -0.2) is 19.7 Å². The van der Waals surface area contributed by atoms with Crippen molar-refractivity contribution < 1.29 is 0 Å². The zero-order valence-electron chi connectivity index (χ0n) is 11.8. The molecule has 2 N–H and O–H groups in total. The number of aryl methyl sites for hydroxylation is 2. The maximum atomic E-state index is 6.19. The number of nitrogens with two attached hydrogens (primary N) is 1. The van der Waals surface area contributed by atoms with Crippen LogP contribution in [-0.2, 0) is 12.8 Å². The number of aromatic nitrogens is 4. The third-order valence-corrected chi connectivity index (χ3v) is 4.56. The molecule has 0 atom stereocenters. The Balaban J connectivity index is 2.31. The molecule has 0 bridgehead atoms. The fourth-order valence-electron chi connectivity index (χ4n) is 2.40. The lowest BCUT2D eigenvalue weighted by Gasteiger charge is -2.06. The van der Waals surface area contributed by atoms with Crippen LogP contribution >= 0.6 is 11.3 Å². The standard InChI is InChI=1S/C14H17N5S/c1-4-9-11(15)10(5-2)19(18-9)14-13-12(16-7-17-14)8(3)6-20-13/h6-7H,4-5,15H2,1-3H3. The fourth-order valence-corrected chi connectivity index (χ4v) is 3.38. The Labute approximate surface area is 121 Å². The van der Waals surface area contributed by atoms with E-state index in [9.17, 15) is 0 Å². The third-order valence-electron chi connectivity index (χ3n) is 3.48. The fraction of sp³-hybridized carbons (Fsp3) is 0.357. The second-order valence-electron chi connectivity index (χ2n) is 4.72. The molecule has 0 aliphatic rings. The van der Waals surface area contributed by atoms with E-state index in [0.29, 0.717) is 0 Å². The molecule has 3 aromatic heterocycles. The van der Waals surface area contributed by atoms with Crippen molar-refractivity contribution in [2.24, 2.45) is 0 Å². The van der Waals surface area contributed by atoms with Gasteiger partial charge in [-0.1, -0.05) is 13.8 Å². The van der Waals surface area contributed by atoms with E-state index in [2.05, 4.69) is 41.2 Å². The zero-order chi connectivity index (χ0) is 14.3. The van der Waals surface area contributed by atoms with Crippen molar-refractivity contribution in [2.45, 2.75) is 33.6 Å². The molecule has 3 rings (SSSR count). The summed E-state index contributed by atoms with van der Waals surface area (Å²) in [7, 11) is 0. The highest BCUT2D eigenvalue weighted by molar-refractivity contribution is 7.17. The molecule has 0 fully saturated rings. The summed E-state index contributed by atoms with van der Waals surface area (Å²) in [6, 6.07) is 0. The van der Waals surface area contributed by atoms with E-state index in [4.69, 9.17) is 5.73 Å². The number of nitrogens with zero attached hydrogens (tertiary/aromatic N) is 4. The van der Waals surface area contributed by atoms with E-state index in [1.807, 2.05) is 4.68 Å². The van der Waals surface area contributed by atoms with Crippen molar-refractivity contribution >= 4 is 27.2 Å². The molecule has 0 radical (unpaired) electrons. The van der Waals surface area contributed by atoms with Crippen LogP contribution in [0.1, 0.15) is 30.8 Å². The molecule has 0 aromatic carbocycles. The van der Waals surface area contributed by atoms with E-state index < -0.39 is 0 Å². The van der Waals surface area contributed by atoms with Crippen molar-refractivity contribution in [3.05, 3.63) is 28.7 Å². The molecule has 0 aliphatic heterocycles. The van der Waals surface area contributed by atoms with Gasteiger partial charge in [0, 0.05) is 0 Å². The van der Waals surface area contributed by atoms with Crippen molar-refractivity contribution in [1.29, 1.82) is 0 Å². The predicted octanol–water partition coefficient (Wildman–Crippen LogP) is 2.89. The summed E-state index contributed by atoms with van der Waals surface area (Å²) in [6.07, 6.45) is 3.25. The van der Waals surface area contributed by atoms with Crippen LogP contribution in [0.25, 0.3) is 16.0 Å². The number of anilines is 1. The van der Waals surface area contributed by atoms with Gasteiger partial charge in [0.2, 0.25) is 0 Å². The number of rotatable bonds is 3. The van der Waals surface area contributed by atoms with Gasteiger partial charge in [0.1, 0.15) is 6.33 Å². The molecule has 6 heteroatoms. The Morgan fingerprint density at radius 3 is 2.75 bits per heavy atom. The van der Waals surface area contributed by atoms with Crippen LogP contribution in [0.4, 0.5) is 5.69 Å². The normalized spacial score (nSPS) is 11.3. The second kappa shape index (κ2) is 4.86. The summed E-state index contributed by atoms with van der Waals surface area (Å²) in [4.78, 5) is 8.79. The van der Waals surface area contributed by atoms with Gasteiger partial charge in [-0.2, -0.15) is 5.10 Å². The number of thiophene rings is 1. The van der Waals surface area contributed by atoms with Crippen molar-refractivity contribution in [1.82, 2.24) is 19.7 Å². The van der Waals surface area contributed by atoms with E-state index in [-0.39, 0.29) is 0 Å². The molecule has 20 heavy (non-hydrogen) atoms. The van der Waals surface area contributed by atoms with Gasteiger partial charge in [-0.3, -0.25) is 0 Å². The molecule has 104 valence electrons. The molecule has 0 saturated heterocycles. The summed E-state index contributed by atoms with van der Waals surface area (Å²) in [5.74, 6) is 0.830. The van der Waals surface area contributed by atoms with Crippen LogP contribution in [0.2, 0.25) is 0 Å². The van der Waals surface area contributed by atoms with Crippen molar-refractivity contribution in [2.75, 3.05) is 5.73 Å². The minimum Gasteiger partial charge on any atom is -0.396 e. The van der Waals surface area contributed by atoms with Gasteiger partial charge < -0.3 is 5.73 Å². The average Bonchev–Trinajstić information content (AvgIpc) is 2.99. The molecular formula is C14H17N5S. The molecule has 3 aromatic rings. The molecule has 5 nitrogen and oxygen atoms in total. The first kappa shape index (κ1) is 13.1. The Kier molecular flexibility index (Phi) is 3.17. The number of nitrogen functional groups attached to an aromatic ring is 1. The Morgan fingerprint density at radius 1 is 1.25 bits per heavy atom. The molecule has 0 unspecified atom stereocenters. The zero-order valence-corrected chi connectivity index (χ0v) is 12.7. The van der Waals surface area contributed by atoms with Gasteiger partial charge in [0.25, 0.3) is 0 Å². The Hall–Kier alpha value is -1.95. The smallest absolute Gasteiger partial charge is 0.174 e. The van der Waals surface area contributed by atoms with Gasteiger partial charge in [-0.15, -0.1) is 11.3 Å². The van der Waals surface area contributed by atoms with E-state index in [1.165, 1.54) is 5.56 Å². The monoisotopic (exact) mass is 287 g/mol. The lowest BCUT2D eigenvalue weighted by Crippen LogP contribution is -2.05. The summed E-state index contributed by atoms with van der Waals surface area (Å²) in [6.45, 7) is 6.21. The maximum absolute atomic E-state index is 6.19. The predicted molar refractivity (Wildman–Crippen MR) is 82.4 cm³/mol. The minimum absolute atomic E-state index is 0.787. The topological polar surface area (TPSA) is 69.6 Å².